The van der Waals surface area contributed by atoms with Gasteiger partial charge in [-0.05, 0) is 55.8 Å². The lowest BCUT2D eigenvalue weighted by Crippen LogP contribution is -2.44. The maximum absolute atomic E-state index is 12.9. The number of piperazine rings is 1. The number of likely N-dealkylation sites (tertiary alicyclic amines) is 1. The minimum Gasteiger partial charge on any atom is -0.369 e. The first-order chi connectivity index (χ1) is 17.8. The molecule has 6 rings (SSSR count). The zero-order valence-electron chi connectivity index (χ0n) is 21.3. The van der Waals surface area contributed by atoms with Crippen LogP contribution in [-0.4, -0.2) is 90.0 Å². The first-order valence-electron chi connectivity index (χ1n) is 13.1. The van der Waals surface area contributed by atoms with Crippen LogP contribution in [-0.2, 0) is 13.0 Å². The summed E-state index contributed by atoms with van der Waals surface area (Å²) in [6.45, 7) is 9.14. The summed E-state index contributed by atoms with van der Waals surface area (Å²) in [4.78, 5) is 14.1. The van der Waals surface area contributed by atoms with Gasteiger partial charge in [-0.15, -0.1) is 0 Å². The Hall–Kier alpha value is -2.85. The average molecular weight is 514 g/mol. The van der Waals surface area contributed by atoms with Crippen molar-refractivity contribution in [3.63, 3.8) is 0 Å². The van der Waals surface area contributed by atoms with Crippen LogP contribution in [0.2, 0.25) is 0 Å². The van der Waals surface area contributed by atoms with Gasteiger partial charge in [0.2, 0.25) is 0 Å². The summed E-state index contributed by atoms with van der Waals surface area (Å²) < 4.78 is 40.3. The van der Waals surface area contributed by atoms with E-state index in [0.29, 0.717) is 5.52 Å². The Morgan fingerprint density at radius 2 is 1.65 bits per heavy atom. The summed E-state index contributed by atoms with van der Waals surface area (Å²) in [5.74, 6) is 0.734. The van der Waals surface area contributed by atoms with E-state index in [4.69, 9.17) is 0 Å². The third-order valence-electron chi connectivity index (χ3n) is 8.31. The summed E-state index contributed by atoms with van der Waals surface area (Å²) in [5.41, 5.74) is 3.71. The van der Waals surface area contributed by atoms with E-state index in [1.807, 2.05) is 0 Å². The van der Waals surface area contributed by atoms with E-state index in [9.17, 15) is 13.2 Å². The molecule has 0 bridgehead atoms. The van der Waals surface area contributed by atoms with Crippen LogP contribution in [0.25, 0.3) is 5.52 Å². The van der Waals surface area contributed by atoms with Crippen molar-refractivity contribution >= 4 is 17.0 Å². The lowest BCUT2D eigenvalue weighted by molar-refractivity contribution is -0.127. The molecule has 10 heteroatoms. The van der Waals surface area contributed by atoms with E-state index in [-0.39, 0.29) is 11.0 Å². The zero-order valence-corrected chi connectivity index (χ0v) is 21.3. The zero-order chi connectivity index (χ0) is 25.6. The Balaban J connectivity index is 1.09. The lowest BCUT2D eigenvalue weighted by Gasteiger charge is -2.34. The summed E-state index contributed by atoms with van der Waals surface area (Å²) in [5, 5.41) is 4.15. The van der Waals surface area contributed by atoms with Crippen molar-refractivity contribution in [1.29, 1.82) is 0 Å². The Morgan fingerprint density at radius 3 is 2.41 bits per heavy atom. The van der Waals surface area contributed by atoms with Crippen molar-refractivity contribution in [3.05, 3.63) is 54.0 Å². The Bertz CT molecular complexity index is 1230. The molecule has 2 aromatic heterocycles. The third kappa shape index (κ3) is 5.27. The first-order valence-corrected chi connectivity index (χ1v) is 13.1. The number of hydrogen-bond donors (Lipinski definition) is 0. The summed E-state index contributed by atoms with van der Waals surface area (Å²) >= 11 is 0. The number of hydrogen-bond acceptors (Lipinski definition) is 6. The van der Waals surface area contributed by atoms with Gasteiger partial charge < -0.3 is 14.7 Å². The maximum atomic E-state index is 12.9. The van der Waals surface area contributed by atoms with E-state index >= 15 is 0 Å². The first kappa shape index (κ1) is 24.5. The number of rotatable bonds is 5. The summed E-state index contributed by atoms with van der Waals surface area (Å²) in [6.07, 6.45) is -0.0915. The smallest absolute Gasteiger partial charge is 0.369 e. The molecule has 3 fully saturated rings. The molecule has 0 N–H and O–H groups in total. The van der Waals surface area contributed by atoms with Crippen molar-refractivity contribution in [3.8, 4) is 0 Å². The Morgan fingerprint density at radius 1 is 0.892 bits per heavy atom. The number of aromatic nitrogens is 3. The number of nitrogens with zero attached hydrogens (tertiary/aromatic N) is 7. The number of alkyl halides is 3. The van der Waals surface area contributed by atoms with E-state index in [0.717, 1.165) is 77.6 Å². The van der Waals surface area contributed by atoms with Crippen molar-refractivity contribution in [2.24, 2.45) is 5.41 Å². The highest BCUT2D eigenvalue weighted by Gasteiger charge is 2.44. The minimum atomic E-state index is -4.24. The largest absolute Gasteiger partial charge is 0.393 e. The number of halogens is 3. The molecule has 1 aromatic carbocycles. The number of likely N-dealkylation sites (N-methyl/N-ethyl adjacent to an activating group) is 1. The van der Waals surface area contributed by atoms with Crippen LogP contribution < -0.4 is 9.80 Å². The summed E-state index contributed by atoms with van der Waals surface area (Å²) in [6, 6.07) is 10.6. The van der Waals surface area contributed by atoms with Crippen LogP contribution in [0.15, 0.2) is 42.9 Å². The van der Waals surface area contributed by atoms with E-state index < -0.39 is 12.6 Å². The molecule has 7 nitrogen and oxygen atoms in total. The van der Waals surface area contributed by atoms with E-state index in [1.54, 1.807) is 6.07 Å². The highest BCUT2D eigenvalue weighted by Crippen LogP contribution is 2.42. The maximum Gasteiger partial charge on any atom is 0.393 e. The normalized spacial score (nSPS) is 23.7. The van der Waals surface area contributed by atoms with Gasteiger partial charge in [-0.1, -0.05) is 12.1 Å². The van der Waals surface area contributed by atoms with Gasteiger partial charge in [0.05, 0.1) is 6.42 Å². The molecule has 37 heavy (non-hydrogen) atoms. The van der Waals surface area contributed by atoms with Gasteiger partial charge in [0.1, 0.15) is 11.8 Å². The van der Waals surface area contributed by atoms with Crippen LogP contribution in [0.5, 0.6) is 0 Å². The third-order valence-corrected chi connectivity index (χ3v) is 8.31. The molecule has 0 amide bonds. The molecule has 1 atom stereocenters. The van der Waals surface area contributed by atoms with Crippen LogP contribution >= 0.6 is 0 Å². The average Bonchev–Trinajstić information content (AvgIpc) is 3.57. The van der Waals surface area contributed by atoms with Gasteiger partial charge in [0, 0.05) is 69.7 Å². The SMILES string of the molecule is CN1CCN(c2ccc(CN3CCC4(CCN(c5ncnn6cc(CC(F)(F)F)cc56)C4)C3)cc2)CC1. The second-order valence-electron chi connectivity index (χ2n) is 11.1. The lowest BCUT2D eigenvalue weighted by atomic mass is 9.86. The molecule has 5 heterocycles. The minimum absolute atomic E-state index is 0.198. The van der Waals surface area contributed by atoms with E-state index in [1.165, 1.54) is 28.3 Å². The van der Waals surface area contributed by atoms with Crippen LogP contribution in [0, 0.1) is 5.41 Å². The predicted octanol–water partition coefficient (Wildman–Crippen LogP) is 3.69. The number of anilines is 2. The highest BCUT2D eigenvalue weighted by molar-refractivity contribution is 5.70. The van der Waals surface area contributed by atoms with Gasteiger partial charge in [0.15, 0.2) is 5.82 Å². The molecule has 0 radical (unpaired) electrons. The molecule has 1 spiro atoms. The van der Waals surface area contributed by atoms with Crippen molar-refractivity contribution in [1.82, 2.24) is 24.4 Å². The molecule has 0 saturated carbocycles. The van der Waals surface area contributed by atoms with Gasteiger partial charge in [-0.2, -0.15) is 18.3 Å². The van der Waals surface area contributed by atoms with Gasteiger partial charge >= 0.3 is 6.18 Å². The van der Waals surface area contributed by atoms with Crippen LogP contribution in [0.3, 0.4) is 0 Å². The van der Waals surface area contributed by atoms with Crippen molar-refractivity contribution in [2.75, 3.05) is 69.2 Å². The molecular weight excluding hydrogens is 479 g/mol. The summed E-state index contributed by atoms with van der Waals surface area (Å²) in [7, 11) is 2.18. The standard InChI is InChI=1S/C27H34F3N7/c1-33-10-12-35(13-11-33)23-4-2-21(3-5-23)16-34-8-6-26(18-34)7-9-36(19-26)25-24-14-22(15-27(28,29)30)17-37(24)32-20-31-25/h2-5,14,17,20H,6-13,15-16,18-19H2,1H3. The molecule has 198 valence electrons. The van der Waals surface area contributed by atoms with Crippen molar-refractivity contribution < 1.29 is 13.2 Å². The topological polar surface area (TPSA) is 43.2 Å². The Labute approximate surface area is 215 Å². The van der Waals surface area contributed by atoms with Gasteiger partial charge in [0.25, 0.3) is 0 Å². The predicted molar refractivity (Wildman–Crippen MR) is 138 cm³/mol. The Kier molecular flexibility index (Phi) is 6.27. The van der Waals surface area contributed by atoms with E-state index in [2.05, 4.69) is 61.0 Å². The monoisotopic (exact) mass is 513 g/mol. The molecular formula is C27H34F3N7. The van der Waals surface area contributed by atoms with Crippen LogP contribution in [0.1, 0.15) is 24.0 Å². The van der Waals surface area contributed by atoms with Crippen molar-refractivity contribution in [2.45, 2.75) is 32.0 Å². The fourth-order valence-corrected chi connectivity index (χ4v) is 6.29. The molecule has 0 aliphatic carbocycles. The number of fused-ring (bicyclic) bond motifs is 1. The van der Waals surface area contributed by atoms with Gasteiger partial charge in [-0.3, -0.25) is 4.90 Å². The fraction of sp³-hybridized carbons (Fsp3) is 0.556. The molecule has 3 aliphatic rings. The van der Waals surface area contributed by atoms with Crippen LogP contribution in [0.4, 0.5) is 24.7 Å². The van der Waals surface area contributed by atoms with Gasteiger partial charge in [-0.25, -0.2) is 9.50 Å². The second-order valence-corrected chi connectivity index (χ2v) is 11.1. The number of benzene rings is 1. The fourth-order valence-electron chi connectivity index (χ4n) is 6.29. The quantitative estimate of drug-likeness (QED) is 0.519. The molecule has 3 aliphatic heterocycles. The molecule has 3 saturated heterocycles. The highest BCUT2D eigenvalue weighted by atomic mass is 19.4. The molecule has 3 aromatic rings. The second kappa shape index (κ2) is 9.47. The molecule has 1 unspecified atom stereocenters.